The van der Waals surface area contributed by atoms with Crippen LogP contribution < -0.4 is 11.1 Å². The number of fused-ring (bicyclic) bond motifs is 1. The van der Waals surface area contributed by atoms with Crippen LogP contribution in [0.1, 0.15) is 32.3 Å². The van der Waals surface area contributed by atoms with Crippen molar-refractivity contribution in [2.45, 2.75) is 42.9 Å². The maximum atomic E-state index is 12.5. The summed E-state index contributed by atoms with van der Waals surface area (Å²) in [6.07, 6.45) is 0. The summed E-state index contributed by atoms with van der Waals surface area (Å²) in [5.41, 5.74) is 7.33. The number of nitrogens with one attached hydrogen (secondary N) is 1. The van der Waals surface area contributed by atoms with E-state index in [-0.39, 0.29) is 12.6 Å². The predicted molar refractivity (Wildman–Crippen MR) is 73.6 cm³/mol. The van der Waals surface area contributed by atoms with Gasteiger partial charge in [-0.1, -0.05) is 19.9 Å². The Morgan fingerprint density at radius 3 is 2.61 bits per heavy atom. The van der Waals surface area contributed by atoms with E-state index < -0.39 is 15.1 Å². The molecule has 2 rings (SSSR count). The third-order valence-electron chi connectivity index (χ3n) is 3.55. The molecule has 0 spiro atoms. The van der Waals surface area contributed by atoms with Crippen molar-refractivity contribution >= 4 is 15.5 Å². The highest BCUT2D eigenvalue weighted by Gasteiger charge is 2.37. The molecule has 0 radical (unpaired) electrons. The monoisotopic (exact) mass is 268 g/mol. The highest BCUT2D eigenvalue weighted by Crippen LogP contribution is 2.34. The summed E-state index contributed by atoms with van der Waals surface area (Å²) in [4.78, 5) is 0.391. The van der Waals surface area contributed by atoms with E-state index >= 15 is 0 Å². The van der Waals surface area contributed by atoms with Crippen molar-refractivity contribution in [3.05, 3.63) is 23.8 Å². The predicted octanol–water partition coefficient (Wildman–Crippen LogP) is 1.72. The van der Waals surface area contributed by atoms with Crippen LogP contribution in [0, 0.1) is 0 Å². The molecule has 1 aliphatic rings. The second-order valence-electron chi connectivity index (χ2n) is 5.16. The molecule has 0 amide bonds. The van der Waals surface area contributed by atoms with E-state index in [4.69, 9.17) is 5.73 Å². The molecule has 100 valence electrons. The van der Waals surface area contributed by atoms with Crippen LogP contribution in [-0.4, -0.2) is 26.3 Å². The first kappa shape index (κ1) is 13.4. The van der Waals surface area contributed by atoms with Gasteiger partial charge in [-0.05, 0) is 30.5 Å². The van der Waals surface area contributed by atoms with Crippen molar-refractivity contribution in [2.24, 2.45) is 5.73 Å². The Labute approximate surface area is 108 Å². The minimum atomic E-state index is -3.33. The van der Waals surface area contributed by atoms with Crippen molar-refractivity contribution in [3.8, 4) is 0 Å². The van der Waals surface area contributed by atoms with Gasteiger partial charge in [0.15, 0.2) is 9.84 Å². The molecule has 1 aromatic rings. The van der Waals surface area contributed by atoms with Crippen LogP contribution in [0.3, 0.4) is 0 Å². The van der Waals surface area contributed by atoms with Crippen LogP contribution in [0.25, 0.3) is 0 Å². The second-order valence-corrected chi connectivity index (χ2v) is 7.30. The molecule has 2 atom stereocenters. The summed E-state index contributed by atoms with van der Waals surface area (Å²) in [6.45, 7) is 6.09. The molecule has 18 heavy (non-hydrogen) atoms. The first-order chi connectivity index (χ1) is 8.37. The van der Waals surface area contributed by atoms with E-state index in [1.54, 1.807) is 6.07 Å². The first-order valence-corrected chi connectivity index (χ1v) is 7.77. The fraction of sp³-hybridized carbons (Fsp3) is 0.538. The lowest BCUT2D eigenvalue weighted by Gasteiger charge is -2.31. The van der Waals surface area contributed by atoms with Crippen molar-refractivity contribution in [3.63, 3.8) is 0 Å². The molecule has 1 heterocycles. The molecule has 0 fully saturated rings. The van der Waals surface area contributed by atoms with Gasteiger partial charge >= 0.3 is 0 Å². The Bertz CT molecular complexity index is 552. The molecule has 3 N–H and O–H groups in total. The van der Waals surface area contributed by atoms with Gasteiger partial charge in [-0.3, -0.25) is 0 Å². The SMILES string of the molecule is CC(C)c1ccc2c(c1)S(=O)(=O)C(CN)C(C)N2. The molecule has 4 nitrogen and oxygen atoms in total. The Morgan fingerprint density at radius 1 is 1.39 bits per heavy atom. The number of nitrogens with two attached hydrogens (primary N) is 1. The smallest absolute Gasteiger partial charge is 0.186 e. The normalized spacial score (nSPS) is 25.6. The molecule has 2 unspecified atom stereocenters. The topological polar surface area (TPSA) is 72.2 Å². The summed E-state index contributed by atoms with van der Waals surface area (Å²) < 4.78 is 25.0. The Balaban J connectivity index is 2.60. The van der Waals surface area contributed by atoms with Crippen molar-refractivity contribution in [2.75, 3.05) is 11.9 Å². The van der Waals surface area contributed by atoms with Crippen LogP contribution in [0.4, 0.5) is 5.69 Å². The molecule has 1 aliphatic heterocycles. The lowest BCUT2D eigenvalue weighted by molar-refractivity contribution is 0.560. The minimum absolute atomic E-state index is 0.141. The zero-order chi connectivity index (χ0) is 13.5. The van der Waals surface area contributed by atoms with Gasteiger partial charge < -0.3 is 11.1 Å². The van der Waals surface area contributed by atoms with E-state index in [1.165, 1.54) is 0 Å². The average Bonchev–Trinajstić information content (AvgIpc) is 2.28. The Kier molecular flexibility index (Phi) is 3.38. The van der Waals surface area contributed by atoms with Gasteiger partial charge in [-0.2, -0.15) is 0 Å². The number of hydrogen-bond acceptors (Lipinski definition) is 4. The number of hydrogen-bond donors (Lipinski definition) is 2. The Hall–Kier alpha value is -1.07. The fourth-order valence-electron chi connectivity index (χ4n) is 2.35. The quantitative estimate of drug-likeness (QED) is 0.856. The van der Waals surface area contributed by atoms with Crippen LogP contribution in [0.15, 0.2) is 23.1 Å². The maximum absolute atomic E-state index is 12.5. The van der Waals surface area contributed by atoms with E-state index in [9.17, 15) is 8.42 Å². The number of anilines is 1. The number of benzene rings is 1. The van der Waals surface area contributed by atoms with Crippen LogP contribution in [0.5, 0.6) is 0 Å². The first-order valence-electron chi connectivity index (χ1n) is 6.22. The van der Waals surface area contributed by atoms with Crippen molar-refractivity contribution in [1.29, 1.82) is 0 Å². The van der Waals surface area contributed by atoms with E-state index in [1.807, 2.05) is 32.9 Å². The lowest BCUT2D eigenvalue weighted by atomic mass is 10.0. The van der Waals surface area contributed by atoms with Crippen LogP contribution >= 0.6 is 0 Å². The zero-order valence-electron chi connectivity index (χ0n) is 11.0. The summed E-state index contributed by atoms with van der Waals surface area (Å²) in [5.74, 6) is 0.307. The molecule has 0 bridgehead atoms. The molecular formula is C13H20N2O2S. The highest BCUT2D eigenvalue weighted by atomic mass is 32.2. The third-order valence-corrected chi connectivity index (χ3v) is 5.90. The number of rotatable bonds is 2. The van der Waals surface area contributed by atoms with Crippen molar-refractivity contribution < 1.29 is 8.42 Å². The second kappa shape index (κ2) is 4.55. The summed E-state index contributed by atoms with van der Waals surface area (Å²) in [7, 11) is -3.33. The Morgan fingerprint density at radius 2 is 2.06 bits per heavy atom. The molecule has 0 saturated carbocycles. The average molecular weight is 268 g/mol. The van der Waals surface area contributed by atoms with Gasteiger partial charge in [0.25, 0.3) is 0 Å². The van der Waals surface area contributed by atoms with Gasteiger partial charge in [0.05, 0.1) is 15.8 Å². The highest BCUT2D eigenvalue weighted by molar-refractivity contribution is 7.92. The minimum Gasteiger partial charge on any atom is -0.380 e. The molecule has 0 saturated heterocycles. The lowest BCUT2D eigenvalue weighted by Crippen LogP contribution is -2.46. The van der Waals surface area contributed by atoms with Gasteiger partial charge in [-0.25, -0.2) is 8.42 Å². The standard InChI is InChI=1S/C13H20N2O2S/c1-8(2)10-4-5-11-12(6-10)18(16,17)13(7-14)9(3)15-11/h4-6,8-9,13,15H,7,14H2,1-3H3. The molecular weight excluding hydrogens is 248 g/mol. The van der Waals surface area contributed by atoms with E-state index in [0.29, 0.717) is 16.5 Å². The van der Waals surface area contributed by atoms with Crippen LogP contribution in [0.2, 0.25) is 0 Å². The molecule has 0 aromatic heterocycles. The van der Waals surface area contributed by atoms with Gasteiger partial charge in [-0.15, -0.1) is 0 Å². The molecule has 5 heteroatoms. The van der Waals surface area contributed by atoms with Gasteiger partial charge in [0.2, 0.25) is 0 Å². The van der Waals surface area contributed by atoms with E-state index in [2.05, 4.69) is 5.32 Å². The zero-order valence-corrected chi connectivity index (χ0v) is 11.8. The summed E-state index contributed by atoms with van der Waals surface area (Å²) in [5, 5.41) is 2.67. The summed E-state index contributed by atoms with van der Waals surface area (Å²) >= 11 is 0. The number of sulfone groups is 1. The molecule has 0 aliphatic carbocycles. The van der Waals surface area contributed by atoms with Crippen LogP contribution in [-0.2, 0) is 9.84 Å². The van der Waals surface area contributed by atoms with Gasteiger partial charge in [0.1, 0.15) is 0 Å². The van der Waals surface area contributed by atoms with Crippen molar-refractivity contribution in [1.82, 2.24) is 0 Å². The van der Waals surface area contributed by atoms with E-state index in [0.717, 1.165) is 5.56 Å². The maximum Gasteiger partial charge on any atom is 0.186 e. The largest absolute Gasteiger partial charge is 0.380 e. The third kappa shape index (κ3) is 2.01. The summed E-state index contributed by atoms with van der Waals surface area (Å²) in [6, 6.07) is 5.45. The molecule has 1 aromatic carbocycles. The van der Waals surface area contributed by atoms with Gasteiger partial charge in [0, 0.05) is 12.6 Å². The fourth-order valence-corrected chi connectivity index (χ4v) is 4.27.